The van der Waals surface area contributed by atoms with Gasteiger partial charge in [0, 0.05) is 34.6 Å². The van der Waals surface area contributed by atoms with E-state index in [-0.39, 0.29) is 28.9 Å². The summed E-state index contributed by atoms with van der Waals surface area (Å²) in [5, 5.41) is 33.1. The van der Waals surface area contributed by atoms with E-state index in [0.29, 0.717) is 12.2 Å². The van der Waals surface area contributed by atoms with Gasteiger partial charge in [-0.1, -0.05) is 12.2 Å². The maximum Gasteiger partial charge on any atom is 0.186 e. The largest absolute Gasteiger partial charge is 0.504 e. The van der Waals surface area contributed by atoms with Gasteiger partial charge >= 0.3 is 0 Å². The van der Waals surface area contributed by atoms with Crippen LogP contribution in [0.25, 0.3) is 0 Å². The minimum absolute atomic E-state index is 0.0872. The summed E-state index contributed by atoms with van der Waals surface area (Å²) >= 11 is 0. The number of nitrogens with zero attached hydrogens (tertiary/aromatic N) is 1. The molecule has 4 aliphatic rings. The number of likely N-dealkylation sites (tertiary alicyclic amines) is 1. The molecule has 0 saturated carbocycles. The zero-order valence-electron chi connectivity index (χ0n) is 12.3. The average Bonchev–Trinajstić information content (AvgIpc) is 2.83. The van der Waals surface area contributed by atoms with Gasteiger partial charge in [-0.25, -0.2) is 0 Å². The van der Waals surface area contributed by atoms with Crippen molar-refractivity contribution in [3.63, 3.8) is 0 Å². The van der Waals surface area contributed by atoms with Crippen LogP contribution in [-0.2, 0) is 16.9 Å². The van der Waals surface area contributed by atoms with Crippen molar-refractivity contribution in [1.29, 1.82) is 0 Å². The van der Waals surface area contributed by atoms with Crippen molar-refractivity contribution < 1.29 is 20.1 Å². The van der Waals surface area contributed by atoms with Crippen molar-refractivity contribution in [3.05, 3.63) is 29.3 Å². The molecule has 2 aliphatic carbocycles. The summed E-state index contributed by atoms with van der Waals surface area (Å²) in [6.07, 6.45) is 4.32. The third-order valence-electron chi connectivity index (χ3n) is 6.24. The van der Waals surface area contributed by atoms with Crippen LogP contribution in [0.15, 0.2) is 18.2 Å². The molecule has 0 aromatic heterocycles. The molecule has 1 saturated heterocycles. The molecule has 5 nitrogen and oxygen atoms in total. The fourth-order valence-corrected chi connectivity index (χ4v) is 5.29. The Morgan fingerprint density at radius 1 is 1.41 bits per heavy atom. The number of aliphatic hydroxyl groups is 1. The molecule has 0 unspecified atom stereocenters. The van der Waals surface area contributed by atoms with Crippen LogP contribution in [0.4, 0.5) is 0 Å². The minimum Gasteiger partial charge on any atom is -0.504 e. The predicted molar refractivity (Wildman–Crippen MR) is 77.7 cm³/mol. The van der Waals surface area contributed by atoms with E-state index in [2.05, 4.69) is 18.0 Å². The number of likely N-dealkylation sites (N-methyl/N-ethyl adjacent to an activating group) is 1. The number of ether oxygens (including phenoxy) is 1. The molecule has 115 valence electrons. The van der Waals surface area contributed by atoms with Crippen LogP contribution < -0.4 is 4.74 Å². The second-order valence-electron chi connectivity index (χ2n) is 7.06. The Kier molecular flexibility index (Phi) is 2.20. The van der Waals surface area contributed by atoms with Crippen molar-refractivity contribution in [3.8, 4) is 17.2 Å². The second kappa shape index (κ2) is 3.78. The Morgan fingerprint density at radius 3 is 3.05 bits per heavy atom. The molecular formula is C17H18NO4. The highest BCUT2D eigenvalue weighted by Gasteiger charge is 2.64. The smallest absolute Gasteiger partial charge is 0.186 e. The van der Waals surface area contributed by atoms with Crippen LogP contribution in [0.2, 0.25) is 0 Å². The number of rotatable bonds is 0. The molecule has 1 spiro atoms. The van der Waals surface area contributed by atoms with Crippen LogP contribution in [-0.4, -0.2) is 47.0 Å². The van der Waals surface area contributed by atoms with Crippen LogP contribution >= 0.6 is 0 Å². The van der Waals surface area contributed by atoms with Crippen molar-refractivity contribution >= 4 is 0 Å². The van der Waals surface area contributed by atoms with Crippen LogP contribution in [0.3, 0.4) is 0 Å². The molecule has 1 aromatic carbocycles. The highest BCUT2D eigenvalue weighted by Crippen LogP contribution is 2.63. The number of aliphatic hydroxyl groups excluding tert-OH is 1. The first-order chi connectivity index (χ1) is 10.5. The molecule has 0 amide bonds. The molecule has 5 heteroatoms. The zero-order valence-corrected chi connectivity index (χ0v) is 12.3. The lowest BCUT2D eigenvalue weighted by Gasteiger charge is -2.56. The Bertz CT molecular complexity index is 715. The summed E-state index contributed by atoms with van der Waals surface area (Å²) in [6, 6.07) is 1.51. The van der Waals surface area contributed by atoms with Crippen LogP contribution in [0.1, 0.15) is 17.5 Å². The van der Waals surface area contributed by atoms with Gasteiger partial charge in [0.2, 0.25) is 0 Å². The molecule has 2 heterocycles. The summed E-state index contributed by atoms with van der Waals surface area (Å²) in [6.45, 7) is 0.907. The van der Waals surface area contributed by atoms with Gasteiger partial charge in [-0.15, -0.1) is 0 Å². The van der Waals surface area contributed by atoms with Crippen LogP contribution in [0.5, 0.6) is 17.2 Å². The molecular weight excluding hydrogens is 282 g/mol. The topological polar surface area (TPSA) is 72.8 Å². The van der Waals surface area contributed by atoms with Gasteiger partial charge < -0.3 is 19.8 Å². The fraction of sp³-hybridized carbons (Fsp3) is 0.529. The summed E-state index contributed by atoms with van der Waals surface area (Å²) in [5.74, 6) is 0.448. The molecule has 2 bridgehead atoms. The van der Waals surface area contributed by atoms with E-state index in [1.807, 2.05) is 6.08 Å². The van der Waals surface area contributed by atoms with E-state index in [0.717, 1.165) is 24.1 Å². The van der Waals surface area contributed by atoms with E-state index < -0.39 is 12.2 Å². The predicted octanol–water partition coefficient (Wildman–Crippen LogP) is 1.34. The van der Waals surface area contributed by atoms with Gasteiger partial charge in [0.1, 0.15) is 12.2 Å². The quantitative estimate of drug-likeness (QED) is 0.709. The lowest BCUT2D eigenvalue weighted by atomic mass is 9.53. The van der Waals surface area contributed by atoms with Gasteiger partial charge in [0.15, 0.2) is 17.2 Å². The normalized spacial score (nSPS) is 41.2. The average molecular weight is 300 g/mol. The number of hydrogen-bond donors (Lipinski definition) is 2. The Hall–Kier alpha value is -1.72. The van der Waals surface area contributed by atoms with Crippen molar-refractivity contribution in [2.75, 3.05) is 13.6 Å². The van der Waals surface area contributed by atoms with E-state index in [4.69, 9.17) is 4.74 Å². The first-order valence-corrected chi connectivity index (χ1v) is 7.83. The van der Waals surface area contributed by atoms with E-state index in [1.54, 1.807) is 0 Å². The van der Waals surface area contributed by atoms with Gasteiger partial charge in [-0.3, -0.25) is 5.11 Å². The summed E-state index contributed by atoms with van der Waals surface area (Å²) < 4.78 is 6.00. The number of hydrogen-bond acceptors (Lipinski definition) is 4. The first-order valence-electron chi connectivity index (χ1n) is 7.83. The van der Waals surface area contributed by atoms with Gasteiger partial charge in [0.25, 0.3) is 0 Å². The molecule has 5 atom stereocenters. The van der Waals surface area contributed by atoms with Crippen molar-refractivity contribution in [2.45, 2.75) is 36.5 Å². The number of phenols is 1. The van der Waals surface area contributed by atoms with E-state index in [9.17, 15) is 15.3 Å². The monoisotopic (exact) mass is 300 g/mol. The first kappa shape index (κ1) is 12.8. The molecule has 1 fully saturated rings. The summed E-state index contributed by atoms with van der Waals surface area (Å²) in [7, 11) is 2.10. The number of piperidine rings is 1. The lowest BCUT2D eigenvalue weighted by molar-refractivity contribution is -0.0456. The van der Waals surface area contributed by atoms with Crippen LogP contribution in [0, 0.1) is 5.92 Å². The summed E-state index contributed by atoms with van der Waals surface area (Å²) in [5.41, 5.74) is 1.28. The molecule has 2 N–H and O–H groups in total. The van der Waals surface area contributed by atoms with E-state index >= 15 is 0 Å². The lowest BCUT2D eigenvalue weighted by Crippen LogP contribution is -2.64. The minimum atomic E-state index is -0.701. The third kappa shape index (κ3) is 1.21. The van der Waals surface area contributed by atoms with Gasteiger partial charge in [-0.2, -0.15) is 0 Å². The highest BCUT2D eigenvalue weighted by atomic mass is 16.5. The molecule has 2 aliphatic heterocycles. The number of phenolic OH excluding ortho intramolecular Hbond substituents is 1. The van der Waals surface area contributed by atoms with Crippen molar-refractivity contribution in [2.24, 2.45) is 5.92 Å². The SMILES string of the molecule is CN1CC[C@]23c4c5c([O])cc(O)c4O[C@H]2[C@@H](O)C=C[C@H]3[C@H]1C5. The third-order valence-corrected chi connectivity index (χ3v) is 6.24. The Morgan fingerprint density at radius 2 is 2.23 bits per heavy atom. The van der Waals surface area contributed by atoms with Gasteiger partial charge in [-0.05, 0) is 26.4 Å². The summed E-state index contributed by atoms with van der Waals surface area (Å²) in [4.78, 5) is 2.31. The molecule has 5 rings (SSSR count). The number of benzene rings is 1. The molecule has 1 aromatic rings. The highest BCUT2D eigenvalue weighted by molar-refractivity contribution is 5.65. The van der Waals surface area contributed by atoms with Crippen molar-refractivity contribution in [1.82, 2.24) is 4.90 Å². The van der Waals surface area contributed by atoms with E-state index in [1.165, 1.54) is 6.07 Å². The standard InChI is InChI=1S/C17H18NO4/c1-18-5-4-17-9-2-3-11(19)16(17)22-15-13(21)7-12(20)8(14(15)17)6-10(9)18/h2-3,7,9-11,16,19,21H,4-6H2,1H3/t9-,10+,11-,16-,17-/m0/s1. The second-order valence-corrected chi connectivity index (χ2v) is 7.06. The maximum atomic E-state index is 12.4. The zero-order chi connectivity index (χ0) is 15.2. The maximum absolute atomic E-state index is 12.4. The molecule has 1 radical (unpaired) electrons. The molecule has 22 heavy (non-hydrogen) atoms. The Balaban J connectivity index is 1.87. The fourth-order valence-electron chi connectivity index (χ4n) is 5.29. The number of aromatic hydroxyl groups is 1. The van der Waals surface area contributed by atoms with Gasteiger partial charge in [0.05, 0.1) is 0 Å². The Labute approximate surface area is 128 Å².